The van der Waals surface area contributed by atoms with Gasteiger partial charge in [0.2, 0.25) is 0 Å². The fourth-order valence-electron chi connectivity index (χ4n) is 2.98. The van der Waals surface area contributed by atoms with E-state index < -0.39 is 0 Å². The Balaban J connectivity index is 2.09. The van der Waals surface area contributed by atoms with E-state index in [4.69, 9.17) is 5.73 Å². The van der Waals surface area contributed by atoms with Gasteiger partial charge in [0, 0.05) is 22.9 Å². The average Bonchev–Trinajstić information content (AvgIpc) is 3.00. The van der Waals surface area contributed by atoms with Crippen molar-refractivity contribution in [3.8, 4) is 0 Å². The molecule has 108 valence electrons. The van der Waals surface area contributed by atoms with E-state index in [-0.39, 0.29) is 11.6 Å². The Bertz CT molecular complexity index is 404. The van der Waals surface area contributed by atoms with Crippen molar-refractivity contribution in [1.82, 2.24) is 9.88 Å². The van der Waals surface area contributed by atoms with Crippen LogP contribution in [0.2, 0.25) is 0 Å². The van der Waals surface area contributed by atoms with Crippen LogP contribution in [-0.4, -0.2) is 34.6 Å². The van der Waals surface area contributed by atoms with Gasteiger partial charge in [-0.25, -0.2) is 4.98 Å². The lowest BCUT2D eigenvalue weighted by atomic mass is 9.86. The van der Waals surface area contributed by atoms with Crippen molar-refractivity contribution in [2.45, 2.75) is 65.0 Å². The number of rotatable bonds is 5. The van der Waals surface area contributed by atoms with Crippen LogP contribution < -0.4 is 5.73 Å². The predicted octanol–water partition coefficient (Wildman–Crippen LogP) is 2.89. The summed E-state index contributed by atoms with van der Waals surface area (Å²) in [5.74, 6) is 0. The van der Waals surface area contributed by atoms with Crippen LogP contribution in [0.4, 0.5) is 0 Å². The van der Waals surface area contributed by atoms with E-state index in [0.29, 0.717) is 0 Å². The molecule has 2 unspecified atom stereocenters. The Labute approximate surface area is 121 Å². The summed E-state index contributed by atoms with van der Waals surface area (Å²) in [7, 11) is 0. The maximum absolute atomic E-state index is 6.56. The van der Waals surface area contributed by atoms with Gasteiger partial charge < -0.3 is 5.73 Å². The third-order valence-electron chi connectivity index (χ3n) is 4.81. The van der Waals surface area contributed by atoms with Crippen LogP contribution in [-0.2, 0) is 6.42 Å². The zero-order valence-corrected chi connectivity index (χ0v) is 13.5. The summed E-state index contributed by atoms with van der Waals surface area (Å²) in [5, 5.41) is 1.20. The Morgan fingerprint density at radius 2 is 2.00 bits per heavy atom. The molecule has 0 bridgehead atoms. The molecule has 3 nitrogen and oxygen atoms in total. The first-order chi connectivity index (χ1) is 8.97. The minimum Gasteiger partial charge on any atom is -0.326 e. The lowest BCUT2D eigenvalue weighted by Crippen LogP contribution is -2.57. The van der Waals surface area contributed by atoms with E-state index in [9.17, 15) is 0 Å². The van der Waals surface area contributed by atoms with Gasteiger partial charge in [-0.3, -0.25) is 4.90 Å². The molecule has 1 saturated heterocycles. The summed E-state index contributed by atoms with van der Waals surface area (Å²) < 4.78 is 0. The molecular formula is C15H27N3S. The highest BCUT2D eigenvalue weighted by Crippen LogP contribution is 2.29. The zero-order chi connectivity index (χ0) is 14.0. The molecule has 2 N–H and O–H groups in total. The van der Waals surface area contributed by atoms with Gasteiger partial charge in [0.1, 0.15) is 0 Å². The summed E-state index contributed by atoms with van der Waals surface area (Å²) in [5.41, 5.74) is 7.83. The van der Waals surface area contributed by atoms with Crippen molar-refractivity contribution < 1.29 is 0 Å². The van der Waals surface area contributed by atoms with Gasteiger partial charge in [0.25, 0.3) is 0 Å². The molecule has 0 amide bonds. The van der Waals surface area contributed by atoms with Gasteiger partial charge in [-0.1, -0.05) is 6.92 Å². The zero-order valence-electron chi connectivity index (χ0n) is 12.7. The van der Waals surface area contributed by atoms with Gasteiger partial charge in [-0.05, 0) is 53.1 Å². The third kappa shape index (κ3) is 3.01. The van der Waals surface area contributed by atoms with Crippen LogP contribution >= 0.6 is 11.3 Å². The normalized spacial score (nSPS) is 21.5. The third-order valence-corrected chi connectivity index (χ3v) is 5.91. The van der Waals surface area contributed by atoms with Crippen LogP contribution in [0.5, 0.6) is 0 Å². The Kier molecular flexibility index (Phi) is 4.64. The maximum atomic E-state index is 6.56. The van der Waals surface area contributed by atoms with Crippen molar-refractivity contribution >= 4 is 11.3 Å². The molecule has 1 aliphatic rings. The first-order valence-corrected chi connectivity index (χ1v) is 8.22. The molecule has 1 fully saturated rings. The van der Waals surface area contributed by atoms with Crippen LogP contribution in [0.3, 0.4) is 0 Å². The molecule has 4 heteroatoms. The van der Waals surface area contributed by atoms with E-state index in [1.54, 1.807) is 11.3 Å². The highest BCUT2D eigenvalue weighted by molar-refractivity contribution is 7.11. The molecule has 1 aliphatic heterocycles. The summed E-state index contributed by atoms with van der Waals surface area (Å²) in [6.07, 6.45) is 4.65. The lowest BCUT2D eigenvalue weighted by Gasteiger charge is -2.42. The number of aromatic nitrogens is 1. The first-order valence-electron chi connectivity index (χ1n) is 7.41. The molecule has 0 spiro atoms. The standard InChI is InChI=1S/C15H27N3S/c1-5-15(4,18-8-6-7-9-18)13(16)10-14-17-11(2)12(3)19-14/h13H,5-10,16H2,1-4H3. The van der Waals surface area contributed by atoms with Crippen LogP contribution in [0.1, 0.15) is 48.7 Å². The number of nitrogens with two attached hydrogens (primary N) is 1. The van der Waals surface area contributed by atoms with Gasteiger partial charge in [0.15, 0.2) is 0 Å². The molecule has 0 aliphatic carbocycles. The topological polar surface area (TPSA) is 42.1 Å². The SMILES string of the molecule is CCC(C)(C(N)Cc1nc(C)c(C)s1)N1CCCC1. The van der Waals surface area contributed by atoms with E-state index >= 15 is 0 Å². The lowest BCUT2D eigenvalue weighted by molar-refractivity contribution is 0.0998. The number of aryl methyl sites for hydroxylation is 2. The van der Waals surface area contributed by atoms with Crippen molar-refractivity contribution in [3.63, 3.8) is 0 Å². The second kappa shape index (κ2) is 5.90. The van der Waals surface area contributed by atoms with E-state index in [1.807, 2.05) is 0 Å². The van der Waals surface area contributed by atoms with Crippen molar-refractivity contribution in [3.05, 3.63) is 15.6 Å². The number of hydrogen-bond acceptors (Lipinski definition) is 4. The molecule has 0 saturated carbocycles. The Hall–Kier alpha value is -0.450. The Morgan fingerprint density at radius 3 is 2.47 bits per heavy atom. The highest BCUT2D eigenvalue weighted by atomic mass is 32.1. The largest absolute Gasteiger partial charge is 0.326 e. The van der Waals surface area contributed by atoms with Crippen molar-refractivity contribution in [1.29, 1.82) is 0 Å². The minimum absolute atomic E-state index is 0.115. The van der Waals surface area contributed by atoms with Gasteiger partial charge in [-0.15, -0.1) is 11.3 Å². The van der Waals surface area contributed by atoms with Crippen LogP contribution in [0.15, 0.2) is 0 Å². The predicted molar refractivity (Wildman–Crippen MR) is 82.8 cm³/mol. The fourth-order valence-corrected chi connectivity index (χ4v) is 3.97. The summed E-state index contributed by atoms with van der Waals surface area (Å²) >= 11 is 1.80. The number of hydrogen-bond donors (Lipinski definition) is 1. The summed E-state index contributed by atoms with van der Waals surface area (Å²) in [6, 6.07) is 0.167. The maximum Gasteiger partial charge on any atom is 0.0947 e. The number of likely N-dealkylation sites (tertiary alicyclic amines) is 1. The first kappa shape index (κ1) is 14.9. The summed E-state index contributed by atoms with van der Waals surface area (Å²) in [6.45, 7) is 11.2. The van der Waals surface area contributed by atoms with Crippen LogP contribution in [0, 0.1) is 13.8 Å². The average molecular weight is 281 g/mol. The Morgan fingerprint density at radius 1 is 1.37 bits per heavy atom. The van der Waals surface area contributed by atoms with Gasteiger partial charge >= 0.3 is 0 Å². The second-order valence-electron chi connectivity index (χ2n) is 5.96. The molecule has 1 aromatic rings. The molecule has 0 aromatic carbocycles. The quantitative estimate of drug-likeness (QED) is 0.902. The van der Waals surface area contributed by atoms with Crippen molar-refractivity contribution in [2.75, 3.05) is 13.1 Å². The van der Waals surface area contributed by atoms with E-state index in [2.05, 4.69) is 37.6 Å². The molecule has 2 heterocycles. The van der Waals surface area contributed by atoms with Crippen molar-refractivity contribution in [2.24, 2.45) is 5.73 Å². The van der Waals surface area contributed by atoms with E-state index in [1.165, 1.54) is 35.8 Å². The number of nitrogens with zero attached hydrogens (tertiary/aromatic N) is 2. The van der Waals surface area contributed by atoms with Gasteiger partial charge in [0.05, 0.1) is 10.7 Å². The highest BCUT2D eigenvalue weighted by Gasteiger charge is 2.37. The van der Waals surface area contributed by atoms with Crippen LogP contribution in [0.25, 0.3) is 0 Å². The molecule has 0 radical (unpaired) electrons. The summed E-state index contributed by atoms with van der Waals surface area (Å²) in [4.78, 5) is 8.55. The molecule has 1 aromatic heterocycles. The minimum atomic E-state index is 0.115. The second-order valence-corrected chi connectivity index (χ2v) is 7.25. The fraction of sp³-hybridized carbons (Fsp3) is 0.800. The van der Waals surface area contributed by atoms with Gasteiger partial charge in [-0.2, -0.15) is 0 Å². The molecule has 19 heavy (non-hydrogen) atoms. The van der Waals surface area contributed by atoms with E-state index in [0.717, 1.165) is 18.5 Å². The molecule has 2 atom stereocenters. The number of thiazole rings is 1. The monoisotopic (exact) mass is 281 g/mol. The molecular weight excluding hydrogens is 254 g/mol. The smallest absolute Gasteiger partial charge is 0.0947 e. The molecule has 2 rings (SSSR count).